The van der Waals surface area contributed by atoms with Crippen LogP contribution >= 0.6 is 11.6 Å². The van der Waals surface area contributed by atoms with E-state index in [2.05, 4.69) is 30.4 Å². The molecule has 8 nitrogen and oxygen atoms in total. The first kappa shape index (κ1) is 20.5. The Labute approximate surface area is 178 Å². The van der Waals surface area contributed by atoms with E-state index in [4.69, 9.17) is 16.9 Å². The molecule has 0 amide bonds. The highest BCUT2D eigenvalue weighted by molar-refractivity contribution is 6.31. The number of alkyl halides is 3. The highest BCUT2D eigenvalue weighted by Gasteiger charge is 2.34. The number of nitriles is 1. The van der Waals surface area contributed by atoms with Crippen molar-refractivity contribution < 1.29 is 13.2 Å². The Bertz CT molecular complexity index is 1290. The molecule has 0 spiro atoms. The third kappa shape index (κ3) is 3.97. The summed E-state index contributed by atoms with van der Waals surface area (Å²) in [6, 6.07) is 6.86. The van der Waals surface area contributed by atoms with E-state index in [9.17, 15) is 13.2 Å². The van der Waals surface area contributed by atoms with Gasteiger partial charge < -0.3 is 5.32 Å². The van der Waals surface area contributed by atoms with Gasteiger partial charge in [0.1, 0.15) is 24.5 Å². The summed E-state index contributed by atoms with van der Waals surface area (Å²) >= 11 is 5.93. The molecule has 12 heteroatoms. The van der Waals surface area contributed by atoms with Crippen LogP contribution in [0, 0.1) is 11.3 Å². The average molecular weight is 445 g/mol. The molecule has 4 aromatic rings. The maximum Gasteiger partial charge on any atom is 0.418 e. The number of anilines is 1. The molecule has 3 heterocycles. The molecule has 0 aliphatic rings. The lowest BCUT2D eigenvalue weighted by molar-refractivity contribution is -0.136. The number of aromatic nitrogens is 6. The molecule has 4 rings (SSSR count). The predicted molar refractivity (Wildman–Crippen MR) is 105 cm³/mol. The fourth-order valence-electron chi connectivity index (χ4n) is 3.03. The van der Waals surface area contributed by atoms with Crippen molar-refractivity contribution >= 4 is 28.3 Å². The van der Waals surface area contributed by atoms with E-state index in [0.717, 1.165) is 12.4 Å². The summed E-state index contributed by atoms with van der Waals surface area (Å²) < 4.78 is 41.7. The van der Waals surface area contributed by atoms with Crippen LogP contribution in [-0.2, 0) is 6.18 Å². The van der Waals surface area contributed by atoms with Crippen molar-refractivity contribution in [3.05, 3.63) is 65.1 Å². The molecule has 1 atom stereocenters. The molecule has 0 radical (unpaired) electrons. The molecule has 0 saturated carbocycles. The zero-order valence-corrected chi connectivity index (χ0v) is 16.5. The van der Waals surface area contributed by atoms with Crippen LogP contribution in [0.3, 0.4) is 0 Å². The quantitative estimate of drug-likeness (QED) is 0.499. The Morgan fingerprint density at radius 1 is 1.13 bits per heavy atom. The SMILES string of the molecule is C[C@H](Nc1ncnc2c(C(F)(F)F)cc(Cl)cc12)c1ncnn1-c1ccc(C#N)cn1. The topological polar surface area (TPSA) is 105 Å². The number of nitrogens with one attached hydrogen (secondary N) is 1. The second-order valence-electron chi connectivity index (χ2n) is 6.48. The Hall–Kier alpha value is -3.78. The fourth-order valence-corrected chi connectivity index (χ4v) is 3.25. The smallest absolute Gasteiger partial charge is 0.360 e. The second kappa shape index (κ2) is 7.81. The van der Waals surface area contributed by atoms with Gasteiger partial charge in [-0.1, -0.05) is 11.6 Å². The minimum Gasteiger partial charge on any atom is -0.360 e. The van der Waals surface area contributed by atoms with E-state index in [0.29, 0.717) is 17.2 Å². The lowest BCUT2D eigenvalue weighted by Gasteiger charge is -2.17. The first-order valence-electron chi connectivity index (χ1n) is 8.82. The zero-order valence-electron chi connectivity index (χ0n) is 15.8. The van der Waals surface area contributed by atoms with E-state index >= 15 is 0 Å². The highest BCUT2D eigenvalue weighted by Crippen LogP contribution is 2.38. The summed E-state index contributed by atoms with van der Waals surface area (Å²) in [6.07, 6.45) is -0.850. The van der Waals surface area contributed by atoms with Crippen molar-refractivity contribution in [3.8, 4) is 11.9 Å². The first-order valence-corrected chi connectivity index (χ1v) is 9.20. The summed E-state index contributed by atoms with van der Waals surface area (Å²) in [5.74, 6) is 1.02. The number of benzene rings is 1. The number of hydrogen-bond acceptors (Lipinski definition) is 7. The molecular weight excluding hydrogens is 433 g/mol. The molecule has 0 aliphatic heterocycles. The van der Waals surface area contributed by atoms with Crippen LogP contribution in [-0.4, -0.2) is 29.7 Å². The molecular formula is C19H12ClF3N8. The summed E-state index contributed by atoms with van der Waals surface area (Å²) in [7, 11) is 0. The maximum absolute atomic E-state index is 13.4. The summed E-state index contributed by atoms with van der Waals surface area (Å²) in [5.41, 5.74) is -0.823. The Kier molecular flexibility index (Phi) is 5.16. The molecule has 156 valence electrons. The van der Waals surface area contributed by atoms with Crippen molar-refractivity contribution in [2.45, 2.75) is 19.1 Å². The van der Waals surface area contributed by atoms with E-state index in [1.165, 1.54) is 23.3 Å². The number of nitrogens with zero attached hydrogens (tertiary/aromatic N) is 7. The van der Waals surface area contributed by atoms with Crippen molar-refractivity contribution in [2.24, 2.45) is 0 Å². The van der Waals surface area contributed by atoms with Gasteiger partial charge in [0.15, 0.2) is 11.6 Å². The normalized spacial score (nSPS) is 12.5. The lowest BCUT2D eigenvalue weighted by Crippen LogP contribution is -2.16. The summed E-state index contributed by atoms with van der Waals surface area (Å²) in [6.45, 7) is 1.74. The fraction of sp³-hybridized carbons (Fsp3) is 0.158. The molecule has 1 N–H and O–H groups in total. The van der Waals surface area contributed by atoms with Crippen LogP contribution in [0.4, 0.5) is 19.0 Å². The maximum atomic E-state index is 13.4. The first-order chi connectivity index (χ1) is 14.8. The van der Waals surface area contributed by atoms with E-state index in [1.54, 1.807) is 19.1 Å². The summed E-state index contributed by atoms with van der Waals surface area (Å²) in [5, 5.41) is 16.1. The molecule has 31 heavy (non-hydrogen) atoms. The van der Waals surface area contributed by atoms with Gasteiger partial charge in [-0.3, -0.25) is 0 Å². The van der Waals surface area contributed by atoms with Crippen molar-refractivity contribution in [2.75, 3.05) is 5.32 Å². The predicted octanol–water partition coefficient (Wildman–Crippen LogP) is 4.32. The van der Waals surface area contributed by atoms with Crippen LogP contribution in [0.2, 0.25) is 5.02 Å². The second-order valence-corrected chi connectivity index (χ2v) is 6.92. The van der Waals surface area contributed by atoms with Gasteiger partial charge in [-0.2, -0.15) is 28.2 Å². The van der Waals surface area contributed by atoms with Gasteiger partial charge in [0.2, 0.25) is 0 Å². The third-order valence-electron chi connectivity index (χ3n) is 4.42. The number of fused-ring (bicyclic) bond motifs is 1. The highest BCUT2D eigenvalue weighted by atomic mass is 35.5. The minimum absolute atomic E-state index is 0.0877. The standard InChI is InChI=1S/C19H12ClF3N8/c1-10(18-28-9-29-31(18)15-3-2-11(6-24)7-25-15)30-17-13-4-12(20)5-14(19(21,22)23)16(13)26-8-27-17/h2-5,7-10H,1H3,(H,26,27,30)/t10-/m0/s1. The van der Waals surface area contributed by atoms with Crippen LogP contribution in [0.15, 0.2) is 43.1 Å². The largest absolute Gasteiger partial charge is 0.418 e. The van der Waals surface area contributed by atoms with Crippen molar-refractivity contribution in [1.29, 1.82) is 5.26 Å². The zero-order chi connectivity index (χ0) is 22.2. The number of halogens is 4. The Morgan fingerprint density at radius 2 is 1.94 bits per heavy atom. The number of pyridine rings is 1. The number of hydrogen-bond donors (Lipinski definition) is 1. The van der Waals surface area contributed by atoms with E-state index in [1.807, 2.05) is 6.07 Å². The van der Waals surface area contributed by atoms with E-state index < -0.39 is 17.8 Å². The Morgan fingerprint density at radius 3 is 2.61 bits per heavy atom. The monoisotopic (exact) mass is 444 g/mol. The molecule has 0 fully saturated rings. The van der Waals surface area contributed by atoms with Crippen LogP contribution in [0.1, 0.15) is 29.9 Å². The van der Waals surface area contributed by atoms with Gasteiger partial charge in [-0.25, -0.2) is 19.9 Å². The van der Waals surface area contributed by atoms with Crippen LogP contribution < -0.4 is 5.32 Å². The molecule has 0 aliphatic carbocycles. The van der Waals surface area contributed by atoms with Gasteiger partial charge in [-0.05, 0) is 31.2 Å². The number of rotatable bonds is 4. The minimum atomic E-state index is -4.62. The van der Waals surface area contributed by atoms with E-state index in [-0.39, 0.29) is 21.7 Å². The Balaban J connectivity index is 1.72. The van der Waals surface area contributed by atoms with Gasteiger partial charge >= 0.3 is 6.18 Å². The lowest BCUT2D eigenvalue weighted by atomic mass is 10.1. The van der Waals surface area contributed by atoms with Crippen molar-refractivity contribution in [3.63, 3.8) is 0 Å². The van der Waals surface area contributed by atoms with Gasteiger partial charge in [0.05, 0.1) is 22.7 Å². The summed E-state index contributed by atoms with van der Waals surface area (Å²) in [4.78, 5) is 16.3. The van der Waals surface area contributed by atoms with Gasteiger partial charge in [-0.15, -0.1) is 0 Å². The van der Waals surface area contributed by atoms with Crippen LogP contribution in [0.5, 0.6) is 0 Å². The molecule has 3 aromatic heterocycles. The van der Waals surface area contributed by atoms with Gasteiger partial charge in [0, 0.05) is 16.6 Å². The molecule has 1 aromatic carbocycles. The molecule has 0 unspecified atom stereocenters. The molecule has 0 saturated heterocycles. The average Bonchev–Trinajstić information content (AvgIpc) is 3.23. The van der Waals surface area contributed by atoms with Gasteiger partial charge in [0.25, 0.3) is 0 Å². The van der Waals surface area contributed by atoms with Crippen LogP contribution in [0.25, 0.3) is 16.7 Å². The van der Waals surface area contributed by atoms with Crippen molar-refractivity contribution in [1.82, 2.24) is 29.7 Å². The third-order valence-corrected chi connectivity index (χ3v) is 4.64. The molecule has 0 bridgehead atoms.